The molecule has 3 aromatic rings. The van der Waals surface area contributed by atoms with Crippen LogP contribution in [0.15, 0.2) is 30.3 Å². The van der Waals surface area contributed by atoms with Crippen molar-refractivity contribution in [1.29, 1.82) is 0 Å². The summed E-state index contributed by atoms with van der Waals surface area (Å²) in [5.41, 5.74) is 1.26. The Kier molecular flexibility index (Phi) is 6.11. The first-order chi connectivity index (χ1) is 12.9. The SMILES string of the molecule is COc1cc2sc(NC(=O)/C=C/c3cc(Cl)cc(Cl)c3OC)nc2cc1Cl. The monoisotopic (exact) mass is 442 g/mol. The summed E-state index contributed by atoms with van der Waals surface area (Å²) in [5, 5.41) is 4.42. The third-order valence-corrected chi connectivity index (χ3v) is 5.28. The Morgan fingerprint density at radius 3 is 2.59 bits per heavy atom. The minimum Gasteiger partial charge on any atom is -0.495 e. The number of rotatable bonds is 5. The summed E-state index contributed by atoms with van der Waals surface area (Å²) in [6, 6.07) is 6.69. The number of hydrogen-bond acceptors (Lipinski definition) is 5. The van der Waals surface area contributed by atoms with E-state index in [1.807, 2.05) is 0 Å². The zero-order valence-electron chi connectivity index (χ0n) is 14.2. The van der Waals surface area contributed by atoms with Crippen LogP contribution >= 0.6 is 46.1 Å². The number of nitrogens with one attached hydrogen (secondary N) is 1. The lowest BCUT2D eigenvalue weighted by Gasteiger charge is -2.07. The van der Waals surface area contributed by atoms with E-state index in [0.29, 0.717) is 42.8 Å². The van der Waals surface area contributed by atoms with Gasteiger partial charge in [0, 0.05) is 22.7 Å². The van der Waals surface area contributed by atoms with Gasteiger partial charge in [-0.2, -0.15) is 0 Å². The summed E-state index contributed by atoms with van der Waals surface area (Å²) in [7, 11) is 3.03. The minimum atomic E-state index is -0.356. The highest BCUT2D eigenvalue weighted by molar-refractivity contribution is 7.22. The summed E-state index contributed by atoms with van der Waals surface area (Å²) >= 11 is 19.5. The summed E-state index contributed by atoms with van der Waals surface area (Å²) in [5.74, 6) is 0.632. The lowest BCUT2D eigenvalue weighted by atomic mass is 10.2. The molecule has 3 rings (SSSR count). The molecule has 0 saturated heterocycles. The summed E-state index contributed by atoms with van der Waals surface area (Å²) < 4.78 is 11.3. The molecule has 1 aromatic heterocycles. The molecule has 0 aliphatic heterocycles. The number of carbonyl (C=O) groups excluding carboxylic acids is 1. The van der Waals surface area contributed by atoms with Gasteiger partial charge in [0.05, 0.1) is 34.5 Å². The molecule has 9 heteroatoms. The number of ether oxygens (including phenoxy) is 2. The number of hydrogen-bond donors (Lipinski definition) is 1. The maximum absolute atomic E-state index is 12.2. The van der Waals surface area contributed by atoms with E-state index < -0.39 is 0 Å². The molecule has 1 heterocycles. The van der Waals surface area contributed by atoms with Crippen molar-refractivity contribution in [3.8, 4) is 11.5 Å². The van der Waals surface area contributed by atoms with Crippen LogP contribution in [0.4, 0.5) is 5.13 Å². The molecular weight excluding hydrogens is 431 g/mol. The molecule has 0 bridgehead atoms. The van der Waals surface area contributed by atoms with Crippen LogP contribution in [0.1, 0.15) is 5.56 Å². The van der Waals surface area contributed by atoms with Crippen molar-refractivity contribution in [3.63, 3.8) is 0 Å². The average molecular weight is 444 g/mol. The normalized spacial score (nSPS) is 11.1. The maximum atomic E-state index is 12.2. The second-order valence-corrected chi connectivity index (χ2v) is 7.59. The van der Waals surface area contributed by atoms with E-state index in [9.17, 15) is 4.79 Å². The molecule has 27 heavy (non-hydrogen) atoms. The Bertz CT molecular complexity index is 1050. The van der Waals surface area contributed by atoms with E-state index in [1.165, 1.54) is 31.6 Å². The van der Waals surface area contributed by atoms with Gasteiger partial charge in [-0.15, -0.1) is 0 Å². The van der Waals surface area contributed by atoms with Crippen molar-refractivity contribution >= 4 is 73.5 Å². The number of halogens is 3. The van der Waals surface area contributed by atoms with Gasteiger partial charge in [0.25, 0.3) is 0 Å². The van der Waals surface area contributed by atoms with Crippen molar-refractivity contribution in [2.75, 3.05) is 19.5 Å². The summed E-state index contributed by atoms with van der Waals surface area (Å²) in [4.78, 5) is 16.6. The van der Waals surface area contributed by atoms with Gasteiger partial charge in [0.1, 0.15) is 11.5 Å². The summed E-state index contributed by atoms with van der Waals surface area (Å²) in [6.07, 6.45) is 2.92. The van der Waals surface area contributed by atoms with Gasteiger partial charge in [-0.3, -0.25) is 10.1 Å². The molecule has 0 atom stereocenters. The van der Waals surface area contributed by atoms with E-state index >= 15 is 0 Å². The zero-order chi connectivity index (χ0) is 19.6. The fourth-order valence-corrected chi connectivity index (χ4v) is 4.07. The molecule has 0 spiro atoms. The number of fused-ring (bicyclic) bond motifs is 1. The number of methoxy groups -OCH3 is 2. The fourth-order valence-electron chi connectivity index (χ4n) is 2.37. The van der Waals surface area contributed by atoms with E-state index in [2.05, 4.69) is 10.3 Å². The molecule has 0 radical (unpaired) electrons. The molecule has 0 aliphatic rings. The van der Waals surface area contributed by atoms with Gasteiger partial charge < -0.3 is 9.47 Å². The van der Waals surface area contributed by atoms with Crippen LogP contribution in [-0.2, 0) is 4.79 Å². The van der Waals surface area contributed by atoms with Gasteiger partial charge in [-0.05, 0) is 24.3 Å². The van der Waals surface area contributed by atoms with Gasteiger partial charge in [-0.1, -0.05) is 46.1 Å². The third-order valence-electron chi connectivity index (χ3n) is 3.55. The molecule has 0 aliphatic carbocycles. The molecule has 2 aromatic carbocycles. The summed E-state index contributed by atoms with van der Waals surface area (Å²) in [6.45, 7) is 0. The number of amides is 1. The van der Waals surface area contributed by atoms with Crippen molar-refractivity contribution in [2.24, 2.45) is 0 Å². The van der Waals surface area contributed by atoms with Gasteiger partial charge >= 0.3 is 0 Å². The van der Waals surface area contributed by atoms with Crippen molar-refractivity contribution in [1.82, 2.24) is 4.98 Å². The van der Waals surface area contributed by atoms with Crippen LogP contribution in [0.2, 0.25) is 15.1 Å². The van der Waals surface area contributed by atoms with E-state index in [-0.39, 0.29) is 5.91 Å². The van der Waals surface area contributed by atoms with Crippen LogP contribution in [-0.4, -0.2) is 25.1 Å². The molecule has 5 nitrogen and oxygen atoms in total. The molecule has 0 saturated carbocycles. The Labute approximate surface area is 174 Å². The second-order valence-electron chi connectivity index (χ2n) is 5.31. The third kappa shape index (κ3) is 4.47. The van der Waals surface area contributed by atoms with Crippen LogP contribution < -0.4 is 14.8 Å². The number of anilines is 1. The Morgan fingerprint density at radius 2 is 1.89 bits per heavy atom. The molecule has 1 amide bonds. The standard InChI is InChI=1S/C18H13Cl3N2O3S/c1-25-14-8-15-13(7-11(14)20)22-18(27-15)23-16(24)4-3-9-5-10(19)6-12(21)17(9)26-2/h3-8H,1-2H3,(H,22,23,24)/b4-3+. The molecule has 140 valence electrons. The average Bonchev–Trinajstić information content (AvgIpc) is 2.99. The van der Waals surface area contributed by atoms with Crippen molar-refractivity contribution in [2.45, 2.75) is 0 Å². The van der Waals surface area contributed by atoms with Crippen molar-refractivity contribution < 1.29 is 14.3 Å². The molecule has 0 unspecified atom stereocenters. The molecular formula is C18H13Cl3N2O3S. The smallest absolute Gasteiger partial charge is 0.250 e. The number of aromatic nitrogens is 1. The van der Waals surface area contributed by atoms with Crippen LogP contribution in [0, 0.1) is 0 Å². The first-order valence-corrected chi connectivity index (χ1v) is 9.52. The van der Waals surface area contributed by atoms with Gasteiger partial charge in [0.15, 0.2) is 5.13 Å². The highest BCUT2D eigenvalue weighted by Crippen LogP contribution is 2.35. The number of benzene rings is 2. The van der Waals surface area contributed by atoms with Crippen molar-refractivity contribution in [3.05, 3.63) is 51.0 Å². The largest absolute Gasteiger partial charge is 0.495 e. The second kappa shape index (κ2) is 8.35. The number of thiazole rings is 1. The van der Waals surface area contributed by atoms with Crippen LogP contribution in [0.5, 0.6) is 11.5 Å². The molecule has 1 N–H and O–H groups in total. The quantitative estimate of drug-likeness (QED) is 0.497. The first-order valence-electron chi connectivity index (χ1n) is 7.57. The Morgan fingerprint density at radius 1 is 1.11 bits per heavy atom. The minimum absolute atomic E-state index is 0.356. The van der Waals surface area contributed by atoms with Crippen LogP contribution in [0.25, 0.3) is 16.3 Å². The Hall–Kier alpha value is -1.99. The highest BCUT2D eigenvalue weighted by Gasteiger charge is 2.11. The van der Waals surface area contributed by atoms with E-state index in [0.717, 1.165) is 4.70 Å². The molecule has 0 fully saturated rings. The number of nitrogens with zero attached hydrogens (tertiary/aromatic N) is 1. The topological polar surface area (TPSA) is 60.5 Å². The van der Waals surface area contributed by atoms with Crippen LogP contribution in [0.3, 0.4) is 0 Å². The fraction of sp³-hybridized carbons (Fsp3) is 0.111. The Balaban J connectivity index is 1.80. The predicted octanol–water partition coefficient (Wildman–Crippen LogP) is 5.93. The first kappa shape index (κ1) is 19.8. The van der Waals surface area contributed by atoms with E-state index in [1.54, 1.807) is 30.3 Å². The van der Waals surface area contributed by atoms with Gasteiger partial charge in [-0.25, -0.2) is 4.98 Å². The number of carbonyl (C=O) groups is 1. The lowest BCUT2D eigenvalue weighted by molar-refractivity contribution is -0.111. The van der Waals surface area contributed by atoms with E-state index in [4.69, 9.17) is 44.3 Å². The van der Waals surface area contributed by atoms with Gasteiger partial charge in [0.2, 0.25) is 5.91 Å². The lowest BCUT2D eigenvalue weighted by Crippen LogP contribution is -2.07. The predicted molar refractivity (Wildman–Crippen MR) is 112 cm³/mol. The maximum Gasteiger partial charge on any atom is 0.250 e. The highest BCUT2D eigenvalue weighted by atomic mass is 35.5. The zero-order valence-corrected chi connectivity index (χ0v) is 17.3.